The summed E-state index contributed by atoms with van der Waals surface area (Å²) in [6.07, 6.45) is 4.69. The standard InChI is InChI=1S/C21H27ClN2O5S/c22-16-3-1-4-17(9-16)30(28,29)23-6-2-5-18(25)24-19-14-7-13-8-15(19)12-21(10-13,11-14)20(26)27/h1,3-4,9,13-15,19,23H,2,5-8,10-12H2,(H,24,25)(H,26,27). The minimum atomic E-state index is -3.66. The van der Waals surface area contributed by atoms with Crippen LogP contribution in [0.25, 0.3) is 0 Å². The second kappa shape index (κ2) is 8.13. The molecule has 164 valence electrons. The summed E-state index contributed by atoms with van der Waals surface area (Å²) in [5, 5.41) is 13.2. The lowest BCUT2D eigenvalue weighted by atomic mass is 9.48. The highest BCUT2D eigenvalue weighted by Gasteiger charge is 2.58. The van der Waals surface area contributed by atoms with Crippen molar-refractivity contribution in [2.45, 2.75) is 55.9 Å². The van der Waals surface area contributed by atoms with Gasteiger partial charge in [0.05, 0.1) is 10.3 Å². The molecule has 4 fully saturated rings. The van der Waals surface area contributed by atoms with Crippen molar-refractivity contribution in [3.8, 4) is 0 Å². The Morgan fingerprint density at radius 2 is 1.87 bits per heavy atom. The molecule has 1 aromatic rings. The topological polar surface area (TPSA) is 113 Å². The molecule has 4 bridgehead atoms. The van der Waals surface area contributed by atoms with Crippen LogP contribution in [0.1, 0.15) is 44.9 Å². The molecule has 1 aromatic carbocycles. The Bertz CT molecular complexity index is 934. The van der Waals surface area contributed by atoms with Gasteiger partial charge in [0.15, 0.2) is 0 Å². The molecule has 30 heavy (non-hydrogen) atoms. The number of amides is 1. The van der Waals surface area contributed by atoms with Crippen LogP contribution in [0, 0.1) is 23.2 Å². The molecular weight excluding hydrogens is 428 g/mol. The van der Waals surface area contributed by atoms with E-state index < -0.39 is 21.4 Å². The minimum Gasteiger partial charge on any atom is -0.481 e. The first kappa shape index (κ1) is 21.6. The van der Waals surface area contributed by atoms with Crippen molar-refractivity contribution >= 4 is 33.5 Å². The number of sulfonamides is 1. The summed E-state index contributed by atoms with van der Waals surface area (Å²) in [4.78, 5) is 24.4. The third kappa shape index (κ3) is 4.22. The van der Waals surface area contributed by atoms with Crippen molar-refractivity contribution in [1.29, 1.82) is 0 Å². The van der Waals surface area contributed by atoms with Crippen molar-refractivity contribution in [3.63, 3.8) is 0 Å². The van der Waals surface area contributed by atoms with Crippen LogP contribution in [0.2, 0.25) is 5.02 Å². The molecule has 0 radical (unpaired) electrons. The molecule has 3 N–H and O–H groups in total. The molecule has 0 saturated heterocycles. The van der Waals surface area contributed by atoms with Gasteiger partial charge >= 0.3 is 5.97 Å². The molecule has 7 nitrogen and oxygen atoms in total. The van der Waals surface area contributed by atoms with E-state index in [0.29, 0.717) is 30.2 Å². The zero-order chi connectivity index (χ0) is 21.5. The third-order valence-electron chi connectivity index (χ3n) is 7.03. The maximum absolute atomic E-state index is 12.5. The molecule has 0 aliphatic heterocycles. The molecule has 4 saturated carbocycles. The fourth-order valence-electron chi connectivity index (χ4n) is 5.95. The highest BCUT2D eigenvalue weighted by atomic mass is 35.5. The second-order valence-corrected chi connectivity index (χ2v) is 11.3. The number of aliphatic carboxylic acids is 1. The molecule has 1 amide bonds. The average Bonchev–Trinajstić information content (AvgIpc) is 2.67. The Kier molecular flexibility index (Phi) is 5.85. The van der Waals surface area contributed by atoms with Gasteiger partial charge in [0.1, 0.15) is 0 Å². The van der Waals surface area contributed by atoms with E-state index in [1.54, 1.807) is 12.1 Å². The zero-order valence-corrected chi connectivity index (χ0v) is 18.2. The Morgan fingerprint density at radius 3 is 2.50 bits per heavy atom. The first-order chi connectivity index (χ1) is 14.2. The number of carboxylic acids is 1. The largest absolute Gasteiger partial charge is 0.481 e. The lowest BCUT2D eigenvalue weighted by molar-refractivity contribution is -0.167. The monoisotopic (exact) mass is 454 g/mol. The smallest absolute Gasteiger partial charge is 0.309 e. The zero-order valence-electron chi connectivity index (χ0n) is 16.6. The summed E-state index contributed by atoms with van der Waals surface area (Å²) in [5.74, 6) is 0.153. The van der Waals surface area contributed by atoms with E-state index in [4.69, 9.17) is 11.6 Å². The van der Waals surface area contributed by atoms with Crippen LogP contribution < -0.4 is 10.0 Å². The Labute approximate surface area is 181 Å². The molecule has 0 heterocycles. The SMILES string of the molecule is O=C(CCCNS(=O)(=O)c1cccc(Cl)c1)NC1C2CC3CC1CC(C(=O)O)(C3)C2. The number of benzene rings is 1. The normalized spacial score (nSPS) is 32.2. The number of carboxylic acid groups (broad SMARTS) is 1. The van der Waals surface area contributed by atoms with Gasteiger partial charge < -0.3 is 10.4 Å². The first-order valence-electron chi connectivity index (χ1n) is 10.5. The quantitative estimate of drug-likeness (QED) is 0.523. The highest BCUT2D eigenvalue weighted by Crippen LogP contribution is 2.60. The van der Waals surface area contributed by atoms with Gasteiger partial charge in [0.25, 0.3) is 0 Å². The number of rotatable bonds is 8. The highest BCUT2D eigenvalue weighted by molar-refractivity contribution is 7.89. The van der Waals surface area contributed by atoms with Crippen LogP contribution in [0.4, 0.5) is 0 Å². The fraction of sp³-hybridized carbons (Fsp3) is 0.619. The van der Waals surface area contributed by atoms with Crippen LogP contribution in [0.3, 0.4) is 0 Å². The van der Waals surface area contributed by atoms with E-state index in [1.165, 1.54) is 12.1 Å². The maximum atomic E-state index is 12.5. The Balaban J connectivity index is 1.26. The van der Waals surface area contributed by atoms with E-state index in [9.17, 15) is 23.1 Å². The predicted molar refractivity (Wildman–Crippen MR) is 111 cm³/mol. The maximum Gasteiger partial charge on any atom is 0.309 e. The predicted octanol–water partition coefficient (Wildman–Crippen LogP) is 2.79. The molecule has 9 heteroatoms. The second-order valence-electron chi connectivity index (χ2n) is 9.11. The van der Waals surface area contributed by atoms with E-state index in [-0.39, 0.29) is 41.6 Å². The van der Waals surface area contributed by atoms with Gasteiger partial charge in [-0.25, -0.2) is 13.1 Å². The molecule has 4 aliphatic carbocycles. The fourth-order valence-corrected chi connectivity index (χ4v) is 7.33. The van der Waals surface area contributed by atoms with Crippen LogP contribution in [-0.2, 0) is 19.6 Å². The minimum absolute atomic E-state index is 0.0460. The molecule has 0 spiro atoms. The number of nitrogens with one attached hydrogen (secondary N) is 2. The van der Waals surface area contributed by atoms with Gasteiger partial charge in [-0.05, 0) is 74.5 Å². The lowest BCUT2D eigenvalue weighted by Gasteiger charge is -2.58. The van der Waals surface area contributed by atoms with Gasteiger partial charge in [0.2, 0.25) is 15.9 Å². The Morgan fingerprint density at radius 1 is 1.17 bits per heavy atom. The summed E-state index contributed by atoms with van der Waals surface area (Å²) < 4.78 is 27.1. The van der Waals surface area contributed by atoms with E-state index in [1.807, 2.05) is 0 Å². The number of carbonyl (C=O) groups is 2. The van der Waals surface area contributed by atoms with Crippen molar-refractivity contribution < 1.29 is 23.1 Å². The lowest BCUT2D eigenvalue weighted by Crippen LogP contribution is -2.61. The molecule has 2 unspecified atom stereocenters. The summed E-state index contributed by atoms with van der Waals surface area (Å²) in [5.41, 5.74) is -0.587. The van der Waals surface area contributed by atoms with Crippen LogP contribution in [-0.4, -0.2) is 38.0 Å². The van der Waals surface area contributed by atoms with Crippen molar-refractivity contribution in [2.24, 2.45) is 23.2 Å². The summed E-state index contributed by atoms with van der Waals surface area (Å²) in [7, 11) is -3.66. The van der Waals surface area contributed by atoms with Crippen LogP contribution >= 0.6 is 11.6 Å². The molecule has 0 aromatic heterocycles. The molecular formula is C21H27ClN2O5S. The summed E-state index contributed by atoms with van der Waals surface area (Å²) in [6.45, 7) is 0.157. The number of hydrogen-bond donors (Lipinski definition) is 3. The number of hydrogen-bond acceptors (Lipinski definition) is 4. The third-order valence-corrected chi connectivity index (χ3v) is 8.73. The van der Waals surface area contributed by atoms with Crippen LogP contribution in [0.5, 0.6) is 0 Å². The van der Waals surface area contributed by atoms with Crippen molar-refractivity contribution in [1.82, 2.24) is 10.0 Å². The van der Waals surface area contributed by atoms with Gasteiger partial charge in [-0.15, -0.1) is 0 Å². The summed E-state index contributed by atoms with van der Waals surface area (Å²) >= 11 is 5.85. The Hall–Kier alpha value is -1.64. The summed E-state index contributed by atoms with van der Waals surface area (Å²) in [6, 6.07) is 6.07. The van der Waals surface area contributed by atoms with Gasteiger partial charge in [0, 0.05) is 24.0 Å². The van der Waals surface area contributed by atoms with E-state index in [2.05, 4.69) is 10.0 Å². The van der Waals surface area contributed by atoms with E-state index >= 15 is 0 Å². The van der Waals surface area contributed by atoms with Gasteiger partial charge in [-0.3, -0.25) is 9.59 Å². The number of halogens is 1. The molecule has 4 aliphatic rings. The average molecular weight is 455 g/mol. The van der Waals surface area contributed by atoms with Gasteiger partial charge in [-0.2, -0.15) is 0 Å². The van der Waals surface area contributed by atoms with Crippen molar-refractivity contribution in [2.75, 3.05) is 6.54 Å². The first-order valence-corrected chi connectivity index (χ1v) is 12.3. The van der Waals surface area contributed by atoms with Crippen molar-refractivity contribution in [3.05, 3.63) is 29.3 Å². The number of carbonyl (C=O) groups excluding carboxylic acids is 1. The van der Waals surface area contributed by atoms with E-state index in [0.717, 1.165) is 19.3 Å². The molecule has 2 atom stereocenters. The van der Waals surface area contributed by atoms with Gasteiger partial charge in [-0.1, -0.05) is 17.7 Å². The molecule has 5 rings (SSSR count). The van der Waals surface area contributed by atoms with Crippen LogP contribution in [0.15, 0.2) is 29.2 Å².